The summed E-state index contributed by atoms with van der Waals surface area (Å²) >= 11 is 0. The molecule has 7 nitrogen and oxygen atoms in total. The van der Waals surface area contributed by atoms with Crippen LogP contribution in [0, 0.1) is 0 Å². The normalized spacial score (nSPS) is 12.2. The second-order valence-corrected chi connectivity index (χ2v) is 20.1. The van der Waals surface area contributed by atoms with Gasteiger partial charge in [0.15, 0.2) is 0 Å². The van der Waals surface area contributed by atoms with E-state index < -0.39 is 16.9 Å². The van der Waals surface area contributed by atoms with Crippen LogP contribution in [0.4, 0.5) is 0 Å². The molecule has 0 amide bonds. The first kappa shape index (κ1) is 31.4. The molecule has 0 aliphatic rings. The van der Waals surface area contributed by atoms with Crippen LogP contribution in [0.3, 0.4) is 0 Å². The number of pyridine rings is 2. The summed E-state index contributed by atoms with van der Waals surface area (Å²) in [6.45, 7) is 7.14. The highest BCUT2D eigenvalue weighted by molar-refractivity contribution is 7.00. The predicted octanol–water partition coefficient (Wildman–Crippen LogP) is 6.74. The van der Waals surface area contributed by atoms with Gasteiger partial charge in [0.25, 0.3) is 0 Å². The molecule has 0 spiro atoms. The molecular weight excluding hydrogens is 651 g/mol. The Morgan fingerprint density at radius 2 is 1.10 bits per heavy atom. The molecule has 0 aliphatic heterocycles. The number of hydrogen-bond donors (Lipinski definition) is 0. The van der Waals surface area contributed by atoms with Gasteiger partial charge in [0.1, 0.15) is 19.6 Å². The molecule has 244 valence electrons. The Hall–Kier alpha value is -5.91. The number of fused-ring (bicyclic) bond motifs is 3. The second kappa shape index (κ2) is 13.2. The highest BCUT2D eigenvalue weighted by Crippen LogP contribution is 2.31. The molecular formula is C41H35N5O2Si2. The van der Waals surface area contributed by atoms with Crippen molar-refractivity contribution in [3.63, 3.8) is 0 Å². The number of benzene rings is 4. The van der Waals surface area contributed by atoms with Gasteiger partial charge in [0.05, 0.1) is 19.8 Å². The fraction of sp³-hybridized carbons (Fsp3) is 0.0732. The summed E-state index contributed by atoms with van der Waals surface area (Å²) < 4.78 is 14.4. The van der Waals surface area contributed by atoms with Gasteiger partial charge in [0, 0.05) is 47.7 Å². The molecule has 0 N–H and O–H groups in total. The highest BCUT2D eigenvalue weighted by Gasteiger charge is 2.28. The molecule has 0 saturated heterocycles. The van der Waals surface area contributed by atoms with Crippen LogP contribution in [0.5, 0.6) is 23.3 Å². The third kappa shape index (κ3) is 6.08. The minimum absolute atomic E-state index is 0.584. The standard InChI is InChI=1S/C41H35N5O2Si2/c1-49(31-13-8-11-29(25-31)47-39-15-4-6-21-42-39)32-17-19-35-36-20-18-34(28-38(36)46(37(35)27-32)41-44-23-10-24-45-41)50(2,3)33-14-9-12-30(26-33)48-40-16-5-7-22-43-40/h4-28,49H,1-3H3. The molecule has 0 aliphatic carbocycles. The summed E-state index contributed by atoms with van der Waals surface area (Å²) in [5, 5.41) is 7.57. The van der Waals surface area contributed by atoms with Gasteiger partial charge >= 0.3 is 0 Å². The lowest BCUT2D eigenvalue weighted by atomic mass is 10.1. The van der Waals surface area contributed by atoms with Gasteiger partial charge in [-0.1, -0.05) is 101 Å². The summed E-state index contributed by atoms with van der Waals surface area (Å²) in [4.78, 5) is 18.1. The molecule has 4 aromatic heterocycles. The Bertz CT molecular complexity index is 2440. The fourth-order valence-electron chi connectivity index (χ4n) is 6.53. The number of ether oxygens (including phenoxy) is 2. The Morgan fingerprint density at radius 1 is 0.520 bits per heavy atom. The third-order valence-electron chi connectivity index (χ3n) is 9.40. The van der Waals surface area contributed by atoms with Crippen molar-refractivity contribution in [2.45, 2.75) is 19.6 Å². The number of hydrogen-bond acceptors (Lipinski definition) is 6. The summed E-state index contributed by atoms with van der Waals surface area (Å²) in [6.07, 6.45) is 7.10. The maximum absolute atomic E-state index is 6.12. The van der Waals surface area contributed by atoms with Crippen molar-refractivity contribution in [2.75, 3.05) is 0 Å². The largest absolute Gasteiger partial charge is 0.439 e. The number of nitrogens with zero attached hydrogens (tertiary/aromatic N) is 5. The lowest BCUT2D eigenvalue weighted by molar-refractivity contribution is 0.463. The van der Waals surface area contributed by atoms with E-state index in [0.717, 1.165) is 22.5 Å². The molecule has 4 heterocycles. The van der Waals surface area contributed by atoms with E-state index in [4.69, 9.17) is 19.4 Å². The van der Waals surface area contributed by atoms with Crippen molar-refractivity contribution in [1.29, 1.82) is 0 Å². The van der Waals surface area contributed by atoms with Crippen molar-refractivity contribution in [3.05, 3.63) is 152 Å². The average Bonchev–Trinajstić information content (AvgIpc) is 3.49. The molecule has 1 atom stereocenters. The average molecular weight is 686 g/mol. The van der Waals surface area contributed by atoms with Crippen molar-refractivity contribution >= 4 is 59.4 Å². The van der Waals surface area contributed by atoms with Crippen LogP contribution in [0.2, 0.25) is 19.6 Å². The molecule has 0 radical (unpaired) electrons. The van der Waals surface area contributed by atoms with Gasteiger partial charge in [-0.15, -0.1) is 0 Å². The molecule has 4 aromatic carbocycles. The number of rotatable bonds is 9. The minimum atomic E-state index is -2.16. The first-order valence-electron chi connectivity index (χ1n) is 16.7. The van der Waals surface area contributed by atoms with Crippen LogP contribution in [0.25, 0.3) is 27.8 Å². The van der Waals surface area contributed by atoms with E-state index in [-0.39, 0.29) is 0 Å². The molecule has 8 aromatic rings. The molecule has 1 unspecified atom stereocenters. The van der Waals surface area contributed by atoms with Gasteiger partial charge in [-0.3, -0.25) is 4.57 Å². The van der Waals surface area contributed by atoms with E-state index in [0.29, 0.717) is 17.7 Å². The zero-order chi connectivity index (χ0) is 34.1. The van der Waals surface area contributed by atoms with Crippen LogP contribution in [0.15, 0.2) is 152 Å². The number of aromatic nitrogens is 5. The fourth-order valence-corrected chi connectivity index (χ4v) is 10.9. The Labute approximate surface area is 293 Å². The first-order chi connectivity index (χ1) is 24.4. The monoisotopic (exact) mass is 685 g/mol. The predicted molar refractivity (Wildman–Crippen MR) is 207 cm³/mol. The van der Waals surface area contributed by atoms with Crippen LogP contribution in [-0.2, 0) is 0 Å². The zero-order valence-corrected chi connectivity index (χ0v) is 30.2. The van der Waals surface area contributed by atoms with E-state index in [1.54, 1.807) is 12.4 Å². The summed E-state index contributed by atoms with van der Waals surface area (Å²) in [5.41, 5.74) is 2.20. The molecule has 50 heavy (non-hydrogen) atoms. The van der Waals surface area contributed by atoms with Crippen LogP contribution < -0.4 is 30.2 Å². The van der Waals surface area contributed by atoms with E-state index in [2.05, 4.69) is 107 Å². The third-order valence-corrected chi connectivity index (χ3v) is 15.6. The minimum Gasteiger partial charge on any atom is -0.439 e. The van der Waals surface area contributed by atoms with Crippen LogP contribution in [-0.4, -0.2) is 41.4 Å². The van der Waals surface area contributed by atoms with E-state index in [1.165, 1.54) is 31.5 Å². The highest BCUT2D eigenvalue weighted by atomic mass is 28.3. The van der Waals surface area contributed by atoms with Crippen molar-refractivity contribution in [1.82, 2.24) is 24.5 Å². The smallest absolute Gasteiger partial charge is 0.234 e. The Kier molecular flexibility index (Phi) is 8.27. The Morgan fingerprint density at radius 3 is 1.78 bits per heavy atom. The topological polar surface area (TPSA) is 75.0 Å². The van der Waals surface area contributed by atoms with E-state index in [1.807, 2.05) is 67.0 Å². The van der Waals surface area contributed by atoms with Gasteiger partial charge in [-0.2, -0.15) is 0 Å². The van der Waals surface area contributed by atoms with Gasteiger partial charge in [0.2, 0.25) is 17.7 Å². The molecule has 0 bridgehead atoms. The molecule has 0 saturated carbocycles. The second-order valence-electron chi connectivity index (χ2n) is 12.9. The molecule has 9 heteroatoms. The SMILES string of the molecule is C[SiH](c1cccc(Oc2ccccn2)c1)c1ccc2c3ccc([Si](C)(C)c4cccc(Oc5ccccn5)c4)cc3n(-c3ncccn3)c2c1. The maximum Gasteiger partial charge on any atom is 0.234 e. The van der Waals surface area contributed by atoms with Crippen LogP contribution >= 0.6 is 0 Å². The van der Waals surface area contributed by atoms with Crippen LogP contribution in [0.1, 0.15) is 0 Å². The van der Waals surface area contributed by atoms with E-state index in [9.17, 15) is 0 Å². The summed E-state index contributed by atoms with van der Waals surface area (Å²) in [5.74, 6) is 3.41. The molecule has 8 rings (SSSR count). The van der Waals surface area contributed by atoms with Gasteiger partial charge in [-0.25, -0.2) is 19.9 Å². The first-order valence-corrected chi connectivity index (χ1v) is 22.0. The zero-order valence-electron chi connectivity index (χ0n) is 28.1. The van der Waals surface area contributed by atoms with Crippen molar-refractivity contribution < 1.29 is 9.47 Å². The Balaban J connectivity index is 1.20. The van der Waals surface area contributed by atoms with Gasteiger partial charge in [-0.05, 0) is 54.6 Å². The summed E-state index contributed by atoms with van der Waals surface area (Å²) in [6, 6.07) is 43.9. The van der Waals surface area contributed by atoms with Gasteiger partial charge < -0.3 is 9.47 Å². The quantitative estimate of drug-likeness (QED) is 0.157. The lowest BCUT2D eigenvalue weighted by Crippen LogP contribution is -2.52. The van der Waals surface area contributed by atoms with E-state index >= 15 is 0 Å². The van der Waals surface area contributed by atoms with Crippen molar-refractivity contribution in [2.24, 2.45) is 0 Å². The van der Waals surface area contributed by atoms with Crippen molar-refractivity contribution in [3.8, 4) is 29.2 Å². The maximum atomic E-state index is 6.12. The summed E-state index contributed by atoms with van der Waals surface area (Å²) in [7, 11) is -3.76. The lowest BCUT2D eigenvalue weighted by Gasteiger charge is -2.24. The molecule has 0 fully saturated rings.